The quantitative estimate of drug-likeness (QED) is 0.777. The molecule has 1 amide bonds. The molecule has 0 spiro atoms. The fraction of sp³-hybridized carbons (Fsp3) is 0.708. The van der Waals surface area contributed by atoms with Gasteiger partial charge in [0.05, 0.1) is 12.7 Å². The molecule has 0 bridgehead atoms. The van der Waals surface area contributed by atoms with Crippen LogP contribution >= 0.6 is 0 Å². The first-order valence-electron chi connectivity index (χ1n) is 11.3. The first-order chi connectivity index (χ1) is 14.3. The van der Waals surface area contributed by atoms with Gasteiger partial charge in [-0.15, -0.1) is 0 Å². The molecule has 2 saturated heterocycles. The summed E-state index contributed by atoms with van der Waals surface area (Å²) in [5, 5.41) is 0. The highest BCUT2D eigenvalue weighted by Gasteiger charge is 2.52. The van der Waals surface area contributed by atoms with Crippen LogP contribution in [0.2, 0.25) is 0 Å². The first kappa shape index (κ1) is 21.7. The van der Waals surface area contributed by atoms with Crippen LogP contribution in [-0.4, -0.2) is 24.6 Å². The number of nitrogens with two attached hydrogens (primary N) is 1. The molecule has 1 aromatic rings. The summed E-state index contributed by atoms with van der Waals surface area (Å²) < 4.78 is 33.4. The summed E-state index contributed by atoms with van der Waals surface area (Å²) in [5.41, 5.74) is 6.53. The Balaban J connectivity index is 1.52. The van der Waals surface area contributed by atoms with Crippen molar-refractivity contribution in [1.29, 1.82) is 0 Å². The molecule has 6 heteroatoms. The molecule has 1 aliphatic carbocycles. The lowest BCUT2D eigenvalue weighted by atomic mass is 9.61. The normalized spacial score (nSPS) is 38.6. The van der Waals surface area contributed by atoms with E-state index in [4.69, 9.17) is 19.9 Å². The van der Waals surface area contributed by atoms with Crippen LogP contribution in [0.1, 0.15) is 67.9 Å². The van der Waals surface area contributed by atoms with E-state index in [1.165, 1.54) is 18.9 Å². The van der Waals surface area contributed by atoms with Crippen LogP contribution in [-0.2, 0) is 20.8 Å². The third kappa shape index (κ3) is 4.02. The van der Waals surface area contributed by atoms with Gasteiger partial charge in [0.1, 0.15) is 5.82 Å². The Kier molecular flexibility index (Phi) is 6.20. The lowest BCUT2D eigenvalue weighted by Gasteiger charge is -2.51. The maximum absolute atomic E-state index is 14.6. The third-order valence-electron chi connectivity index (χ3n) is 7.73. The van der Waals surface area contributed by atoms with Crippen LogP contribution in [0.15, 0.2) is 12.1 Å². The highest BCUT2D eigenvalue weighted by atomic mass is 19.1. The first-order valence-corrected chi connectivity index (χ1v) is 11.3. The second-order valence-electron chi connectivity index (χ2n) is 9.64. The standard InChI is InChI=1S/C24H34FNO4/c1-12-5-7-18-15(4)23(30-24-21(18)17(12)8-6-14(3)29-24)28-11-19-13(2)9-16(22(26)27)10-20(19)25/h9-10,12,14-15,17-18,21,23-24H,5-8,11H2,1-4H3,(H2,26,27)/t12-,14?,15-,17+,18+,21?,23+,24+/m1/s1. The lowest BCUT2D eigenvalue weighted by Crippen LogP contribution is -2.53. The maximum Gasteiger partial charge on any atom is 0.248 e. The van der Waals surface area contributed by atoms with Crippen molar-refractivity contribution in [3.05, 3.63) is 34.6 Å². The van der Waals surface area contributed by atoms with E-state index in [0.717, 1.165) is 12.8 Å². The van der Waals surface area contributed by atoms with Crippen LogP contribution in [0.25, 0.3) is 0 Å². The van der Waals surface area contributed by atoms with Crippen molar-refractivity contribution in [2.24, 2.45) is 35.3 Å². The molecule has 4 rings (SSSR count). The number of halogens is 1. The Hall–Kier alpha value is -1.50. The molecule has 3 fully saturated rings. The average Bonchev–Trinajstić information content (AvgIpc) is 2.85. The number of benzene rings is 1. The van der Waals surface area contributed by atoms with Crippen molar-refractivity contribution in [3.63, 3.8) is 0 Å². The van der Waals surface area contributed by atoms with Gasteiger partial charge in [0.15, 0.2) is 12.6 Å². The molecule has 2 heterocycles. The van der Waals surface area contributed by atoms with Gasteiger partial charge in [0, 0.05) is 23.0 Å². The fourth-order valence-electron chi connectivity index (χ4n) is 5.90. The smallest absolute Gasteiger partial charge is 0.248 e. The molecular weight excluding hydrogens is 385 g/mol. The summed E-state index contributed by atoms with van der Waals surface area (Å²) in [6.45, 7) is 8.52. The predicted octanol–water partition coefficient (Wildman–Crippen LogP) is 4.55. The Morgan fingerprint density at radius 3 is 2.57 bits per heavy atom. The molecule has 0 aromatic heterocycles. The van der Waals surface area contributed by atoms with Gasteiger partial charge in [0.25, 0.3) is 0 Å². The molecule has 2 unspecified atom stereocenters. The number of aryl methyl sites for hydroxylation is 1. The van der Waals surface area contributed by atoms with Gasteiger partial charge >= 0.3 is 0 Å². The highest BCUT2D eigenvalue weighted by molar-refractivity contribution is 5.93. The van der Waals surface area contributed by atoms with Crippen molar-refractivity contribution in [2.75, 3.05) is 0 Å². The summed E-state index contributed by atoms with van der Waals surface area (Å²) >= 11 is 0. The zero-order valence-corrected chi connectivity index (χ0v) is 18.4. The van der Waals surface area contributed by atoms with Gasteiger partial charge in [0.2, 0.25) is 5.91 Å². The number of hydrogen-bond acceptors (Lipinski definition) is 4. The van der Waals surface area contributed by atoms with Gasteiger partial charge in [-0.25, -0.2) is 4.39 Å². The SMILES string of the molecule is Cc1cc(C(N)=O)cc(F)c1CO[C@H]1O[C@@H]2OC(C)CC[C@@H]3C2[C@@H](CC[C@H]3C)[C@H]1C. The number of hydrogen-bond donors (Lipinski definition) is 1. The zero-order valence-electron chi connectivity index (χ0n) is 18.4. The summed E-state index contributed by atoms with van der Waals surface area (Å²) in [6.07, 6.45) is 4.11. The Labute approximate surface area is 178 Å². The molecular formula is C24H34FNO4. The molecule has 166 valence electrons. The minimum atomic E-state index is -0.638. The molecule has 30 heavy (non-hydrogen) atoms. The Morgan fingerprint density at radius 2 is 1.87 bits per heavy atom. The summed E-state index contributed by atoms with van der Waals surface area (Å²) in [7, 11) is 0. The van der Waals surface area contributed by atoms with Crippen molar-refractivity contribution in [1.82, 2.24) is 0 Å². The van der Waals surface area contributed by atoms with Crippen LogP contribution in [0.4, 0.5) is 4.39 Å². The van der Waals surface area contributed by atoms with Gasteiger partial charge in [-0.2, -0.15) is 0 Å². The van der Waals surface area contributed by atoms with Crippen molar-refractivity contribution < 1.29 is 23.4 Å². The van der Waals surface area contributed by atoms with Crippen LogP contribution in [0.5, 0.6) is 0 Å². The van der Waals surface area contributed by atoms with Crippen molar-refractivity contribution in [3.8, 4) is 0 Å². The molecule has 5 nitrogen and oxygen atoms in total. The van der Waals surface area contributed by atoms with Crippen LogP contribution < -0.4 is 5.73 Å². The molecule has 1 saturated carbocycles. The predicted molar refractivity (Wildman–Crippen MR) is 111 cm³/mol. The van der Waals surface area contributed by atoms with Crippen molar-refractivity contribution >= 4 is 5.91 Å². The van der Waals surface area contributed by atoms with E-state index < -0.39 is 18.0 Å². The van der Waals surface area contributed by atoms with Gasteiger partial charge < -0.3 is 19.9 Å². The third-order valence-corrected chi connectivity index (χ3v) is 7.73. The van der Waals surface area contributed by atoms with Gasteiger partial charge in [-0.05, 0) is 68.6 Å². The Morgan fingerprint density at radius 1 is 1.13 bits per heavy atom. The highest BCUT2D eigenvalue weighted by Crippen LogP contribution is 2.52. The molecule has 2 aliphatic heterocycles. The summed E-state index contributed by atoms with van der Waals surface area (Å²) in [6, 6.07) is 2.78. The molecule has 3 aliphatic rings. The van der Waals surface area contributed by atoms with E-state index in [0.29, 0.717) is 34.8 Å². The van der Waals surface area contributed by atoms with E-state index in [9.17, 15) is 9.18 Å². The molecule has 1 aromatic carbocycles. The molecule has 0 radical (unpaired) electrons. The minimum Gasteiger partial charge on any atom is -0.366 e. The largest absolute Gasteiger partial charge is 0.366 e. The number of carbonyl (C=O) groups excluding carboxylic acids is 1. The maximum atomic E-state index is 14.6. The topological polar surface area (TPSA) is 70.8 Å². The second-order valence-corrected chi connectivity index (χ2v) is 9.64. The summed E-state index contributed by atoms with van der Waals surface area (Å²) in [5.74, 6) is 1.31. The molecule has 8 atom stereocenters. The van der Waals surface area contributed by atoms with Gasteiger partial charge in [-0.1, -0.05) is 20.3 Å². The number of ether oxygens (including phenoxy) is 3. The van der Waals surface area contributed by atoms with E-state index in [-0.39, 0.29) is 30.5 Å². The molecule has 2 N–H and O–H groups in total. The zero-order chi connectivity index (χ0) is 21.6. The Bertz CT molecular complexity index is 776. The summed E-state index contributed by atoms with van der Waals surface area (Å²) in [4.78, 5) is 11.4. The number of amides is 1. The van der Waals surface area contributed by atoms with Gasteiger partial charge in [-0.3, -0.25) is 4.79 Å². The van der Waals surface area contributed by atoms with E-state index in [2.05, 4.69) is 20.8 Å². The van der Waals surface area contributed by atoms with E-state index >= 15 is 0 Å². The minimum absolute atomic E-state index is 0.0885. The number of primary amides is 1. The van der Waals surface area contributed by atoms with E-state index in [1.807, 2.05) is 0 Å². The van der Waals surface area contributed by atoms with Crippen LogP contribution in [0.3, 0.4) is 0 Å². The monoisotopic (exact) mass is 419 g/mol. The van der Waals surface area contributed by atoms with E-state index in [1.54, 1.807) is 13.0 Å². The van der Waals surface area contributed by atoms with Crippen LogP contribution in [0, 0.1) is 42.3 Å². The second kappa shape index (κ2) is 8.56. The number of rotatable bonds is 4. The number of carbonyl (C=O) groups is 1. The average molecular weight is 420 g/mol. The fourth-order valence-corrected chi connectivity index (χ4v) is 5.90. The lowest BCUT2D eigenvalue weighted by molar-refractivity contribution is -0.336. The van der Waals surface area contributed by atoms with Crippen molar-refractivity contribution in [2.45, 2.75) is 78.7 Å².